The van der Waals surface area contributed by atoms with Crippen LogP contribution in [-0.4, -0.2) is 21.3 Å². The summed E-state index contributed by atoms with van der Waals surface area (Å²) in [5.41, 5.74) is 0.818. The fourth-order valence-corrected chi connectivity index (χ4v) is 2.77. The summed E-state index contributed by atoms with van der Waals surface area (Å²) >= 11 is 6.10. The number of ether oxygens (including phenoxy) is 1. The van der Waals surface area contributed by atoms with Gasteiger partial charge in [-0.2, -0.15) is 0 Å². The minimum absolute atomic E-state index is 0.438. The minimum Gasteiger partial charge on any atom is -0.490 e. The molecule has 0 spiro atoms. The van der Waals surface area contributed by atoms with Crippen LogP contribution in [0.25, 0.3) is 11.0 Å². The number of hydrogen-bond donors (Lipinski definition) is 1. The number of benzene rings is 2. The molecule has 0 saturated carbocycles. The molecule has 23 heavy (non-hydrogen) atoms. The van der Waals surface area contributed by atoms with Crippen LogP contribution in [0.4, 0.5) is 0 Å². The molecule has 0 aliphatic heterocycles. The molecule has 1 aromatic heterocycles. The lowest BCUT2D eigenvalue weighted by Crippen LogP contribution is -2.23. The number of halogens is 1. The van der Waals surface area contributed by atoms with Crippen LogP contribution in [-0.2, 0) is 12.1 Å². The van der Waals surface area contributed by atoms with E-state index in [1.54, 1.807) is 19.9 Å². The first-order valence-electron chi connectivity index (χ1n) is 7.52. The molecule has 4 nitrogen and oxygen atoms in total. The molecule has 0 fully saturated rings. The lowest BCUT2D eigenvalue weighted by atomic mass is 10.1. The predicted molar refractivity (Wildman–Crippen MR) is 91.9 cm³/mol. The maximum atomic E-state index is 10.4. The topological polar surface area (TPSA) is 47.3 Å². The smallest absolute Gasteiger partial charge is 0.141 e. The van der Waals surface area contributed by atoms with Gasteiger partial charge in [-0.05, 0) is 38.1 Å². The molecule has 0 aliphatic rings. The summed E-state index contributed by atoms with van der Waals surface area (Å²) in [5.74, 6) is 1.28. The zero-order valence-electron chi connectivity index (χ0n) is 13.2. The van der Waals surface area contributed by atoms with E-state index in [2.05, 4.69) is 4.98 Å². The van der Waals surface area contributed by atoms with E-state index in [0.717, 1.165) is 11.0 Å². The van der Waals surface area contributed by atoms with Crippen molar-refractivity contribution in [2.45, 2.75) is 26.0 Å². The molecule has 1 heterocycles. The third kappa shape index (κ3) is 3.33. The molecule has 120 valence electrons. The van der Waals surface area contributed by atoms with Crippen LogP contribution in [0.5, 0.6) is 5.75 Å². The fraction of sp³-hybridized carbons (Fsp3) is 0.278. The molecule has 0 unspecified atom stereocenters. The van der Waals surface area contributed by atoms with Gasteiger partial charge in [-0.1, -0.05) is 35.9 Å². The largest absolute Gasteiger partial charge is 0.490 e. The quantitative estimate of drug-likeness (QED) is 0.769. The van der Waals surface area contributed by atoms with Crippen LogP contribution in [0.3, 0.4) is 0 Å². The standard InChI is InChI=1S/C18H19ClN2O2/c1-18(2,22)17-20-14-8-4-5-9-15(14)21(17)11-12-23-16-10-6-3-7-13(16)19/h3-10,22H,11-12H2,1-2H3. The first-order chi connectivity index (χ1) is 11.0. The second kappa shape index (κ2) is 6.22. The Morgan fingerprint density at radius 1 is 1.13 bits per heavy atom. The molecule has 0 radical (unpaired) electrons. The van der Waals surface area contributed by atoms with E-state index in [-0.39, 0.29) is 0 Å². The van der Waals surface area contributed by atoms with Gasteiger partial charge in [0.05, 0.1) is 22.6 Å². The van der Waals surface area contributed by atoms with Gasteiger partial charge in [-0.25, -0.2) is 4.98 Å². The fourth-order valence-electron chi connectivity index (χ4n) is 2.58. The summed E-state index contributed by atoms with van der Waals surface area (Å²) in [6.07, 6.45) is 0. The minimum atomic E-state index is -1.02. The van der Waals surface area contributed by atoms with Crippen molar-refractivity contribution in [2.75, 3.05) is 6.61 Å². The van der Waals surface area contributed by atoms with E-state index >= 15 is 0 Å². The van der Waals surface area contributed by atoms with Crippen molar-refractivity contribution in [3.05, 3.63) is 59.4 Å². The normalized spacial score (nSPS) is 11.8. The summed E-state index contributed by atoms with van der Waals surface area (Å²) in [6.45, 7) is 4.48. The van der Waals surface area contributed by atoms with Crippen LogP contribution in [0.15, 0.2) is 48.5 Å². The number of rotatable bonds is 5. The average Bonchev–Trinajstić information content (AvgIpc) is 2.88. The second-order valence-electron chi connectivity index (χ2n) is 5.91. The number of para-hydroxylation sites is 3. The second-order valence-corrected chi connectivity index (χ2v) is 6.32. The van der Waals surface area contributed by atoms with Gasteiger partial charge in [0.25, 0.3) is 0 Å². The first kappa shape index (κ1) is 15.8. The molecular formula is C18H19ClN2O2. The van der Waals surface area contributed by atoms with E-state index in [9.17, 15) is 5.11 Å². The first-order valence-corrected chi connectivity index (χ1v) is 7.90. The van der Waals surface area contributed by atoms with E-state index in [4.69, 9.17) is 16.3 Å². The highest BCUT2D eigenvalue weighted by Gasteiger charge is 2.24. The van der Waals surface area contributed by atoms with Gasteiger partial charge in [0.1, 0.15) is 23.8 Å². The van der Waals surface area contributed by atoms with Crippen LogP contribution in [0.2, 0.25) is 5.02 Å². The third-order valence-corrected chi connectivity index (χ3v) is 3.92. The summed E-state index contributed by atoms with van der Waals surface area (Å²) in [7, 11) is 0. The third-order valence-electron chi connectivity index (χ3n) is 3.61. The average molecular weight is 331 g/mol. The van der Waals surface area contributed by atoms with Gasteiger partial charge in [-0.15, -0.1) is 0 Å². The van der Waals surface area contributed by atoms with Crippen molar-refractivity contribution in [3.63, 3.8) is 0 Å². The van der Waals surface area contributed by atoms with Crippen molar-refractivity contribution in [1.82, 2.24) is 9.55 Å². The number of fused-ring (bicyclic) bond motifs is 1. The molecule has 1 N–H and O–H groups in total. The number of hydrogen-bond acceptors (Lipinski definition) is 3. The van der Waals surface area contributed by atoms with Crippen molar-refractivity contribution in [3.8, 4) is 5.75 Å². The highest BCUT2D eigenvalue weighted by molar-refractivity contribution is 6.32. The molecule has 0 amide bonds. The Morgan fingerprint density at radius 3 is 2.57 bits per heavy atom. The zero-order valence-corrected chi connectivity index (χ0v) is 13.9. The summed E-state index contributed by atoms with van der Waals surface area (Å²) < 4.78 is 7.76. The Hall–Kier alpha value is -2.04. The van der Waals surface area contributed by atoms with Crippen molar-refractivity contribution in [2.24, 2.45) is 0 Å². The molecule has 2 aromatic carbocycles. The molecular weight excluding hydrogens is 312 g/mol. The molecule has 3 aromatic rings. The molecule has 0 atom stereocenters. The van der Waals surface area contributed by atoms with E-state index in [0.29, 0.717) is 29.7 Å². The zero-order chi connectivity index (χ0) is 16.4. The van der Waals surface area contributed by atoms with Gasteiger partial charge in [0, 0.05) is 0 Å². The lowest BCUT2D eigenvalue weighted by Gasteiger charge is -2.19. The Bertz CT molecular complexity index is 821. The number of aliphatic hydroxyl groups is 1. The molecule has 3 rings (SSSR count). The van der Waals surface area contributed by atoms with Gasteiger partial charge < -0.3 is 14.4 Å². The van der Waals surface area contributed by atoms with Gasteiger partial charge in [-0.3, -0.25) is 0 Å². The SMILES string of the molecule is CC(C)(O)c1nc2ccccc2n1CCOc1ccccc1Cl. The molecule has 0 bridgehead atoms. The van der Waals surface area contributed by atoms with Crippen LogP contribution >= 0.6 is 11.6 Å². The number of imidazole rings is 1. The summed E-state index contributed by atoms with van der Waals surface area (Å²) in [4.78, 5) is 4.56. The van der Waals surface area contributed by atoms with Crippen molar-refractivity contribution < 1.29 is 9.84 Å². The van der Waals surface area contributed by atoms with Crippen LogP contribution in [0, 0.1) is 0 Å². The van der Waals surface area contributed by atoms with E-state index < -0.39 is 5.60 Å². The van der Waals surface area contributed by atoms with Gasteiger partial charge in [0.15, 0.2) is 0 Å². The Labute approximate surface area is 140 Å². The maximum Gasteiger partial charge on any atom is 0.141 e. The Kier molecular flexibility index (Phi) is 4.28. The Balaban J connectivity index is 1.86. The van der Waals surface area contributed by atoms with Crippen LogP contribution < -0.4 is 4.74 Å². The highest BCUT2D eigenvalue weighted by atomic mass is 35.5. The molecule has 0 saturated heterocycles. The monoisotopic (exact) mass is 330 g/mol. The Morgan fingerprint density at radius 2 is 1.83 bits per heavy atom. The van der Waals surface area contributed by atoms with Gasteiger partial charge >= 0.3 is 0 Å². The lowest BCUT2D eigenvalue weighted by molar-refractivity contribution is 0.0644. The van der Waals surface area contributed by atoms with Crippen molar-refractivity contribution in [1.29, 1.82) is 0 Å². The summed E-state index contributed by atoms with van der Waals surface area (Å²) in [5, 5.41) is 11.0. The number of aromatic nitrogens is 2. The van der Waals surface area contributed by atoms with Gasteiger partial charge in [0.2, 0.25) is 0 Å². The number of nitrogens with zero attached hydrogens (tertiary/aromatic N) is 2. The van der Waals surface area contributed by atoms with Crippen molar-refractivity contribution >= 4 is 22.6 Å². The highest BCUT2D eigenvalue weighted by Crippen LogP contribution is 2.26. The van der Waals surface area contributed by atoms with E-state index in [1.165, 1.54) is 0 Å². The molecule has 5 heteroatoms. The summed E-state index contributed by atoms with van der Waals surface area (Å²) in [6, 6.07) is 15.2. The predicted octanol–water partition coefficient (Wildman–Crippen LogP) is 4.00. The van der Waals surface area contributed by atoms with E-state index in [1.807, 2.05) is 47.0 Å². The van der Waals surface area contributed by atoms with Crippen LogP contribution in [0.1, 0.15) is 19.7 Å². The maximum absolute atomic E-state index is 10.4. The molecule has 0 aliphatic carbocycles.